The topological polar surface area (TPSA) is 81.2 Å². The van der Waals surface area contributed by atoms with Gasteiger partial charge in [-0.2, -0.15) is 0 Å². The number of benzene rings is 2. The van der Waals surface area contributed by atoms with Crippen LogP contribution in [0.25, 0.3) is 5.70 Å². The van der Waals surface area contributed by atoms with E-state index < -0.39 is 0 Å². The maximum Gasteiger partial charge on any atom is 0.254 e. The molecular weight excluding hydrogens is 416 g/mol. The molecule has 0 bridgehead atoms. The van der Waals surface area contributed by atoms with Gasteiger partial charge in [-0.15, -0.1) is 0 Å². The van der Waals surface area contributed by atoms with E-state index in [1.54, 1.807) is 0 Å². The zero-order valence-corrected chi connectivity index (χ0v) is 18.3. The van der Waals surface area contributed by atoms with Gasteiger partial charge < -0.3 is 30.5 Å². The van der Waals surface area contributed by atoms with E-state index >= 15 is 0 Å². The van der Waals surface area contributed by atoms with E-state index in [2.05, 4.69) is 45.2 Å². The van der Waals surface area contributed by atoms with Gasteiger partial charge in [-0.05, 0) is 48.4 Å². The average molecular weight is 443 g/mol. The molecule has 6 rings (SSSR count). The summed E-state index contributed by atoms with van der Waals surface area (Å²) >= 11 is 0. The van der Waals surface area contributed by atoms with Crippen molar-refractivity contribution in [3.8, 4) is 0 Å². The largest absolute Gasteiger partial charge is 0.384 e. The first-order valence-electron chi connectivity index (χ1n) is 11.4. The molecule has 4 heterocycles. The normalized spacial score (nSPS) is 20.9. The molecule has 2 aromatic carbocycles. The van der Waals surface area contributed by atoms with Gasteiger partial charge in [0.2, 0.25) is 0 Å². The van der Waals surface area contributed by atoms with Crippen LogP contribution in [0.5, 0.6) is 0 Å². The Labute approximate surface area is 192 Å². The van der Waals surface area contributed by atoms with E-state index in [1.165, 1.54) is 11.3 Å². The molecule has 1 unspecified atom stereocenters. The number of fused-ring (bicyclic) bond motifs is 2. The molecule has 4 aliphatic heterocycles. The number of anilines is 2. The number of ether oxygens (including phenoxy) is 1. The first kappa shape index (κ1) is 19.9. The summed E-state index contributed by atoms with van der Waals surface area (Å²) in [7, 11) is 0. The predicted molar refractivity (Wildman–Crippen MR) is 129 cm³/mol. The van der Waals surface area contributed by atoms with Gasteiger partial charge in [-0.3, -0.25) is 4.79 Å². The molecule has 1 amide bonds. The van der Waals surface area contributed by atoms with Crippen molar-refractivity contribution >= 4 is 28.8 Å². The maximum absolute atomic E-state index is 12.7. The molecule has 2 aromatic rings. The third-order valence-electron chi connectivity index (χ3n) is 6.38. The quantitative estimate of drug-likeness (QED) is 0.678. The maximum atomic E-state index is 12.7. The molecule has 0 saturated carbocycles. The number of rotatable bonds is 3. The lowest BCUT2D eigenvalue weighted by atomic mass is 10.1. The summed E-state index contributed by atoms with van der Waals surface area (Å²) in [5.41, 5.74) is 6.13. The lowest BCUT2D eigenvalue weighted by Gasteiger charge is -2.29. The van der Waals surface area contributed by atoms with Crippen molar-refractivity contribution in [3.63, 3.8) is 0 Å². The predicted octanol–water partition coefficient (Wildman–Crippen LogP) is 2.65. The Kier molecular flexibility index (Phi) is 4.99. The van der Waals surface area contributed by atoms with E-state index in [9.17, 15) is 4.79 Å². The van der Waals surface area contributed by atoms with E-state index in [1.807, 2.05) is 41.6 Å². The van der Waals surface area contributed by atoms with Crippen molar-refractivity contribution in [3.05, 3.63) is 77.8 Å². The van der Waals surface area contributed by atoms with Crippen molar-refractivity contribution in [1.82, 2.24) is 15.1 Å². The molecule has 8 nitrogen and oxygen atoms in total. The zero-order valence-electron chi connectivity index (χ0n) is 18.3. The summed E-state index contributed by atoms with van der Waals surface area (Å²) in [6.07, 6.45) is 6.97. The number of amides is 1. The third kappa shape index (κ3) is 3.82. The van der Waals surface area contributed by atoms with Gasteiger partial charge in [0.05, 0.1) is 18.9 Å². The fourth-order valence-electron chi connectivity index (χ4n) is 4.58. The number of amidine groups is 1. The third-order valence-corrected chi connectivity index (χ3v) is 6.38. The second kappa shape index (κ2) is 8.29. The van der Waals surface area contributed by atoms with Crippen LogP contribution in [0.15, 0.2) is 66.1 Å². The highest BCUT2D eigenvalue weighted by molar-refractivity contribution is 6.04. The Morgan fingerprint density at radius 1 is 1.12 bits per heavy atom. The summed E-state index contributed by atoms with van der Waals surface area (Å²) in [6, 6.07) is 14.1. The summed E-state index contributed by atoms with van der Waals surface area (Å²) < 4.78 is 5.35. The number of carbonyl (C=O) groups excluding carboxylic acids is 1. The van der Waals surface area contributed by atoms with Crippen LogP contribution in [0.1, 0.15) is 21.5 Å². The molecule has 0 aliphatic carbocycles. The van der Waals surface area contributed by atoms with Gasteiger partial charge in [0, 0.05) is 60.7 Å². The number of carbonyl (C=O) groups is 1. The van der Waals surface area contributed by atoms with Gasteiger partial charge in [0.1, 0.15) is 0 Å². The Hall–Kier alpha value is -3.78. The zero-order chi connectivity index (χ0) is 22.2. The van der Waals surface area contributed by atoms with Crippen molar-refractivity contribution in [2.45, 2.75) is 12.6 Å². The second-order valence-electron chi connectivity index (χ2n) is 8.50. The number of nitrogens with zero attached hydrogens (tertiary/aromatic N) is 3. The van der Waals surface area contributed by atoms with Crippen molar-refractivity contribution in [2.75, 3.05) is 43.5 Å². The molecule has 3 N–H and O–H groups in total. The van der Waals surface area contributed by atoms with Crippen LogP contribution in [-0.4, -0.2) is 60.6 Å². The lowest BCUT2D eigenvalue weighted by Crippen LogP contribution is -2.45. The van der Waals surface area contributed by atoms with Gasteiger partial charge in [0.15, 0.2) is 12.0 Å². The highest BCUT2D eigenvalue weighted by Gasteiger charge is 2.28. The van der Waals surface area contributed by atoms with Crippen LogP contribution >= 0.6 is 0 Å². The fraction of sp³-hybridized carbons (Fsp3) is 0.280. The van der Waals surface area contributed by atoms with Crippen LogP contribution < -0.4 is 16.0 Å². The van der Waals surface area contributed by atoms with E-state index in [0.29, 0.717) is 31.9 Å². The van der Waals surface area contributed by atoms with Gasteiger partial charge >= 0.3 is 0 Å². The van der Waals surface area contributed by atoms with Crippen LogP contribution in [0.3, 0.4) is 0 Å². The number of morpholine rings is 1. The Balaban J connectivity index is 1.23. The molecule has 1 saturated heterocycles. The van der Waals surface area contributed by atoms with Crippen LogP contribution in [0.2, 0.25) is 0 Å². The molecular formula is C25H26N6O2. The second-order valence-corrected chi connectivity index (χ2v) is 8.50. The molecule has 0 aromatic heterocycles. The summed E-state index contributed by atoms with van der Waals surface area (Å²) in [6.45, 7) is 3.46. The number of nitrogens with one attached hydrogen (secondary N) is 3. The molecule has 1 fully saturated rings. The van der Waals surface area contributed by atoms with Crippen molar-refractivity contribution in [1.29, 1.82) is 0 Å². The molecule has 0 spiro atoms. The molecule has 4 aliphatic rings. The minimum Gasteiger partial charge on any atom is -0.384 e. The number of hydrogen-bond acceptors (Lipinski definition) is 7. The summed E-state index contributed by atoms with van der Waals surface area (Å²) in [4.78, 5) is 21.6. The van der Waals surface area contributed by atoms with Crippen molar-refractivity contribution < 1.29 is 9.53 Å². The standard InChI is InChI=1S/C25H26N6O2/c32-25(30-11-13-33-14-12-30)17-1-4-20(5-2-17)28-23-24-27-9-10-31(24)16-22(29-23)18-3-6-21-19(15-18)7-8-26-21/h1-6,9-10,15-16,24,26-27H,7-8,11-14H2,(H,28,29). The first-order valence-corrected chi connectivity index (χ1v) is 11.4. The minimum atomic E-state index is -0.0838. The molecule has 168 valence electrons. The minimum absolute atomic E-state index is 0.0454. The Morgan fingerprint density at radius 3 is 2.82 bits per heavy atom. The van der Waals surface area contributed by atoms with Gasteiger partial charge in [0.25, 0.3) is 5.91 Å². The van der Waals surface area contributed by atoms with E-state index in [0.717, 1.165) is 35.7 Å². The molecule has 1 atom stereocenters. The molecule has 0 radical (unpaired) electrons. The van der Waals surface area contributed by atoms with E-state index in [4.69, 9.17) is 9.73 Å². The van der Waals surface area contributed by atoms with Crippen molar-refractivity contribution in [2.24, 2.45) is 4.99 Å². The highest BCUT2D eigenvalue weighted by atomic mass is 16.5. The molecule has 33 heavy (non-hydrogen) atoms. The summed E-state index contributed by atoms with van der Waals surface area (Å²) in [5, 5.41) is 10.2. The smallest absolute Gasteiger partial charge is 0.254 e. The number of hydrogen-bond donors (Lipinski definition) is 3. The summed E-state index contributed by atoms with van der Waals surface area (Å²) in [5.74, 6) is 0.854. The van der Waals surface area contributed by atoms with Crippen LogP contribution in [0.4, 0.5) is 11.4 Å². The van der Waals surface area contributed by atoms with Gasteiger partial charge in [-0.1, -0.05) is 6.07 Å². The van der Waals surface area contributed by atoms with E-state index in [-0.39, 0.29) is 12.1 Å². The lowest BCUT2D eigenvalue weighted by molar-refractivity contribution is 0.0303. The SMILES string of the molecule is O=C(c1ccc(NC2=NC(c3ccc4c(c3)CCN4)=CN3C=CNC23)cc1)N1CCOCC1. The monoisotopic (exact) mass is 442 g/mol. The van der Waals surface area contributed by atoms with Gasteiger partial charge in [-0.25, -0.2) is 4.99 Å². The average Bonchev–Trinajstić information content (AvgIpc) is 3.53. The highest BCUT2D eigenvalue weighted by Crippen LogP contribution is 2.30. The van der Waals surface area contributed by atoms with Crippen LogP contribution in [0, 0.1) is 0 Å². The number of aliphatic imine (C=N–C) groups is 1. The Morgan fingerprint density at radius 2 is 1.97 bits per heavy atom. The fourth-order valence-corrected chi connectivity index (χ4v) is 4.58. The molecule has 8 heteroatoms. The Bertz CT molecular complexity index is 1160. The van der Waals surface area contributed by atoms with Crippen LogP contribution in [-0.2, 0) is 11.2 Å². The first-order chi connectivity index (χ1) is 16.2.